The molecule has 1 fully saturated rings. The van der Waals surface area contributed by atoms with Crippen molar-refractivity contribution in [2.75, 3.05) is 31.0 Å². The number of esters is 1. The maximum absolute atomic E-state index is 14.3. The summed E-state index contributed by atoms with van der Waals surface area (Å²) in [5.41, 5.74) is 1.39. The summed E-state index contributed by atoms with van der Waals surface area (Å²) in [6, 6.07) is 16.3. The van der Waals surface area contributed by atoms with Crippen molar-refractivity contribution in [1.29, 1.82) is 0 Å². The van der Waals surface area contributed by atoms with Gasteiger partial charge in [-0.15, -0.1) is 0 Å². The van der Waals surface area contributed by atoms with E-state index in [-0.39, 0.29) is 28.4 Å². The molecule has 3 aromatic carbocycles. The number of hydrogen-bond donors (Lipinski definition) is 2. The van der Waals surface area contributed by atoms with Crippen LogP contribution in [-0.4, -0.2) is 62.8 Å². The van der Waals surface area contributed by atoms with Gasteiger partial charge in [0.15, 0.2) is 11.5 Å². The van der Waals surface area contributed by atoms with E-state index in [1.807, 2.05) is 0 Å². The monoisotopic (exact) mass is 738 g/mol. The van der Waals surface area contributed by atoms with Crippen molar-refractivity contribution in [1.82, 2.24) is 4.57 Å². The van der Waals surface area contributed by atoms with E-state index in [1.165, 1.54) is 67.3 Å². The van der Waals surface area contributed by atoms with Crippen LogP contribution in [0.25, 0.3) is 0 Å². The van der Waals surface area contributed by atoms with Crippen molar-refractivity contribution < 1.29 is 41.8 Å². The van der Waals surface area contributed by atoms with Gasteiger partial charge in [-0.1, -0.05) is 29.2 Å². The van der Waals surface area contributed by atoms with E-state index in [9.17, 15) is 32.4 Å². The number of primary sulfonamides is 1. The van der Waals surface area contributed by atoms with E-state index < -0.39 is 62.2 Å². The third-order valence-electron chi connectivity index (χ3n) is 8.22. The van der Waals surface area contributed by atoms with Crippen LogP contribution in [-0.2, 0) is 35.7 Å². The van der Waals surface area contributed by atoms with Crippen molar-refractivity contribution >= 4 is 68.2 Å². The molecule has 17 heteroatoms. The van der Waals surface area contributed by atoms with Gasteiger partial charge in [0.25, 0.3) is 0 Å². The number of nitrogens with two attached hydrogens (primary N) is 1. The maximum Gasteiger partial charge on any atom is 0.338 e. The van der Waals surface area contributed by atoms with E-state index in [1.54, 1.807) is 25.1 Å². The van der Waals surface area contributed by atoms with Gasteiger partial charge in [0.1, 0.15) is 11.8 Å². The fraction of sp³-hybridized carbons (Fsp3) is 0.242. The standard InChI is InChI=1S/C33H30N4O10S3/c1-4-47-32(41)17-5-10-20(11-6-17)37-29(39)26-25(18-7-14-22(45-2)23(15-18)46-3)28-31(48-27(26)30(37)40)36(33(42)49-28)16-24(38)35-19-8-12-21(13-9-19)50(34,43)44/h5-15,25-27H,4,16H2,1-3H3,(H,35,38)(H2,34,43,44)/t25-,26-,27+/m0/s1. The van der Waals surface area contributed by atoms with Gasteiger partial charge in [-0.2, -0.15) is 0 Å². The number of ether oxygens (including phenoxy) is 3. The van der Waals surface area contributed by atoms with Crippen LogP contribution < -0.4 is 29.7 Å². The lowest BCUT2D eigenvalue weighted by atomic mass is 9.83. The molecule has 0 saturated carbocycles. The van der Waals surface area contributed by atoms with Crippen molar-refractivity contribution in [2.24, 2.45) is 11.1 Å². The molecular formula is C33H30N4O10S3. The first kappa shape index (κ1) is 34.9. The second-order valence-corrected chi connectivity index (χ2v) is 14.9. The molecule has 14 nitrogen and oxygen atoms in total. The van der Waals surface area contributed by atoms with Crippen molar-refractivity contribution in [2.45, 2.75) is 34.6 Å². The molecule has 3 heterocycles. The molecule has 260 valence electrons. The number of rotatable bonds is 10. The summed E-state index contributed by atoms with van der Waals surface area (Å²) >= 11 is 1.92. The Bertz CT molecular complexity index is 2180. The smallest absolute Gasteiger partial charge is 0.338 e. The number of anilines is 2. The van der Waals surface area contributed by atoms with Gasteiger partial charge < -0.3 is 19.5 Å². The number of thioether (sulfide) groups is 1. The molecule has 0 radical (unpaired) electrons. The highest BCUT2D eigenvalue weighted by atomic mass is 32.2. The van der Waals surface area contributed by atoms with E-state index >= 15 is 0 Å². The summed E-state index contributed by atoms with van der Waals surface area (Å²) in [6.45, 7) is 1.45. The molecule has 0 spiro atoms. The predicted octanol–water partition coefficient (Wildman–Crippen LogP) is 3.19. The molecule has 3 amide bonds. The zero-order chi connectivity index (χ0) is 35.9. The number of aromatic nitrogens is 1. The van der Waals surface area contributed by atoms with Gasteiger partial charge in [0, 0.05) is 16.5 Å². The minimum Gasteiger partial charge on any atom is -0.493 e. The maximum atomic E-state index is 14.3. The molecule has 1 saturated heterocycles. The van der Waals surface area contributed by atoms with E-state index in [2.05, 4.69) is 5.32 Å². The molecule has 1 aromatic heterocycles. The molecule has 2 aliphatic heterocycles. The van der Waals surface area contributed by atoms with Crippen LogP contribution in [0.1, 0.15) is 33.6 Å². The molecule has 4 aromatic rings. The van der Waals surface area contributed by atoms with Gasteiger partial charge in [-0.25, -0.2) is 23.3 Å². The fourth-order valence-electron chi connectivity index (χ4n) is 5.95. The summed E-state index contributed by atoms with van der Waals surface area (Å²) in [5, 5.41) is 7.19. The highest BCUT2D eigenvalue weighted by molar-refractivity contribution is 8.00. The highest BCUT2D eigenvalue weighted by Gasteiger charge is 2.57. The Morgan fingerprint density at radius 3 is 2.22 bits per heavy atom. The molecule has 3 atom stereocenters. The third-order valence-corrected chi connectivity index (χ3v) is 11.8. The lowest BCUT2D eigenvalue weighted by Gasteiger charge is -2.31. The number of nitrogens with one attached hydrogen (secondary N) is 1. The first-order valence-electron chi connectivity index (χ1n) is 15.1. The first-order chi connectivity index (χ1) is 23.9. The van der Waals surface area contributed by atoms with Gasteiger partial charge in [-0.3, -0.25) is 23.7 Å². The molecular weight excluding hydrogens is 709 g/mol. The second kappa shape index (κ2) is 13.7. The van der Waals surface area contributed by atoms with Gasteiger partial charge in [0.05, 0.1) is 47.9 Å². The SMILES string of the molecule is CCOC(=O)c1ccc(N2C(=O)[C@H]3[C@H](c4ccc(OC)c(OC)c4)c4sc(=O)n(CC(=O)Nc5ccc(S(N)(=O)=O)cc5)c4S[C@H]3C2=O)cc1. The normalized spacial score (nSPS) is 18.3. The number of sulfonamides is 1. The Balaban J connectivity index is 1.38. The Kier molecular flexibility index (Phi) is 9.58. The first-order valence-corrected chi connectivity index (χ1v) is 18.3. The Labute approximate surface area is 294 Å². The highest BCUT2D eigenvalue weighted by Crippen LogP contribution is 2.54. The lowest BCUT2D eigenvalue weighted by molar-refractivity contribution is -0.122. The minimum atomic E-state index is -3.93. The van der Waals surface area contributed by atoms with Crippen LogP contribution in [0.5, 0.6) is 11.5 Å². The molecule has 0 unspecified atom stereocenters. The fourth-order valence-corrected chi connectivity index (χ4v) is 9.24. The van der Waals surface area contributed by atoms with Crippen LogP contribution in [0.3, 0.4) is 0 Å². The minimum absolute atomic E-state index is 0.134. The lowest BCUT2D eigenvalue weighted by Crippen LogP contribution is -2.33. The molecule has 0 aliphatic carbocycles. The van der Waals surface area contributed by atoms with Crippen molar-refractivity contribution in [3.05, 3.63) is 92.4 Å². The zero-order valence-corrected chi connectivity index (χ0v) is 29.2. The van der Waals surface area contributed by atoms with Crippen LogP contribution in [0.2, 0.25) is 0 Å². The number of carbonyl (C=O) groups is 4. The zero-order valence-electron chi connectivity index (χ0n) is 26.8. The third kappa shape index (κ3) is 6.39. The molecule has 50 heavy (non-hydrogen) atoms. The van der Waals surface area contributed by atoms with E-state index in [0.29, 0.717) is 27.0 Å². The number of hydrogen-bond acceptors (Lipinski definition) is 12. The van der Waals surface area contributed by atoms with Crippen LogP contribution in [0, 0.1) is 5.92 Å². The van der Waals surface area contributed by atoms with E-state index in [0.717, 1.165) is 28.0 Å². The quantitative estimate of drug-likeness (QED) is 0.179. The Morgan fingerprint density at radius 2 is 1.60 bits per heavy atom. The topological polar surface area (TPSA) is 193 Å². The van der Waals surface area contributed by atoms with Gasteiger partial charge in [-0.05, 0) is 73.2 Å². The largest absolute Gasteiger partial charge is 0.493 e. The average molecular weight is 739 g/mol. The molecule has 2 aliphatic rings. The van der Waals surface area contributed by atoms with Crippen LogP contribution in [0.15, 0.2) is 81.4 Å². The summed E-state index contributed by atoms with van der Waals surface area (Å²) < 4.78 is 40.5. The number of imide groups is 1. The number of methoxy groups -OCH3 is 2. The summed E-state index contributed by atoms with van der Waals surface area (Å²) in [6.07, 6.45) is 0. The van der Waals surface area contributed by atoms with Crippen molar-refractivity contribution in [3.63, 3.8) is 0 Å². The predicted molar refractivity (Wildman–Crippen MR) is 184 cm³/mol. The van der Waals surface area contributed by atoms with Crippen LogP contribution in [0.4, 0.5) is 11.4 Å². The molecule has 3 N–H and O–H groups in total. The molecule has 6 rings (SSSR count). The number of carbonyl (C=O) groups excluding carboxylic acids is 4. The average Bonchev–Trinajstić information content (AvgIpc) is 3.53. The summed E-state index contributed by atoms with van der Waals surface area (Å²) in [7, 11) is -0.983. The summed E-state index contributed by atoms with van der Waals surface area (Å²) in [4.78, 5) is 68.2. The van der Waals surface area contributed by atoms with Crippen LogP contribution >= 0.6 is 23.1 Å². The van der Waals surface area contributed by atoms with E-state index in [4.69, 9.17) is 19.3 Å². The van der Waals surface area contributed by atoms with Gasteiger partial charge >= 0.3 is 10.8 Å². The van der Waals surface area contributed by atoms with Gasteiger partial charge in [0.2, 0.25) is 27.7 Å². The Morgan fingerprint density at radius 1 is 0.920 bits per heavy atom. The number of amides is 3. The summed E-state index contributed by atoms with van der Waals surface area (Å²) in [5.74, 6) is -3.02. The number of benzene rings is 3. The number of nitrogens with zero attached hydrogens (tertiary/aromatic N) is 2. The second-order valence-electron chi connectivity index (χ2n) is 11.2. The Hall–Kier alpha value is -4.97. The van der Waals surface area contributed by atoms with Crippen molar-refractivity contribution in [3.8, 4) is 11.5 Å². The molecule has 0 bridgehead atoms. The number of thiazole rings is 1. The number of fused-ring (bicyclic) bond motifs is 2.